The first-order valence-corrected chi connectivity index (χ1v) is 4.80. The van der Waals surface area contributed by atoms with Gasteiger partial charge in [0.2, 0.25) is 11.5 Å². The molecule has 0 aliphatic rings. The number of carbonyl (C=O) groups is 1. The van der Waals surface area contributed by atoms with Gasteiger partial charge in [-0.05, 0) is 23.2 Å². The van der Waals surface area contributed by atoms with Crippen molar-refractivity contribution >= 4 is 11.7 Å². The lowest BCUT2D eigenvalue weighted by Crippen LogP contribution is -2.38. The van der Waals surface area contributed by atoms with Crippen LogP contribution in [0.25, 0.3) is 0 Å². The average molecular weight is 212 g/mol. The average Bonchev–Trinajstić information content (AvgIpc) is 2.60. The highest BCUT2D eigenvalue weighted by Gasteiger charge is 2.24. The Morgan fingerprint density at radius 2 is 2.00 bits per heavy atom. The van der Waals surface area contributed by atoms with Crippen LogP contribution < -0.4 is 5.73 Å². The van der Waals surface area contributed by atoms with Crippen LogP contribution in [0.5, 0.6) is 0 Å². The molecule has 84 valence electrons. The number of nitrogen functional groups attached to an aromatic ring is 1. The van der Waals surface area contributed by atoms with Gasteiger partial charge in [-0.25, -0.2) is 4.63 Å². The van der Waals surface area contributed by atoms with Crippen LogP contribution in [0.15, 0.2) is 4.63 Å². The lowest BCUT2D eigenvalue weighted by molar-refractivity contribution is 0.0696. The second kappa shape index (κ2) is 4.29. The summed E-state index contributed by atoms with van der Waals surface area (Å²) in [5, 5.41) is 6.84. The Hall–Kier alpha value is -1.59. The van der Waals surface area contributed by atoms with Gasteiger partial charge in [0.1, 0.15) is 0 Å². The van der Waals surface area contributed by atoms with Crippen molar-refractivity contribution in [2.24, 2.45) is 5.92 Å². The van der Waals surface area contributed by atoms with E-state index in [1.54, 1.807) is 11.9 Å². The summed E-state index contributed by atoms with van der Waals surface area (Å²) in [6.07, 6.45) is 0. The number of anilines is 1. The van der Waals surface area contributed by atoms with Crippen molar-refractivity contribution in [3.8, 4) is 0 Å². The fourth-order valence-electron chi connectivity index (χ4n) is 1.14. The largest absolute Gasteiger partial charge is 0.379 e. The van der Waals surface area contributed by atoms with E-state index < -0.39 is 0 Å². The minimum atomic E-state index is -0.269. The van der Waals surface area contributed by atoms with E-state index in [4.69, 9.17) is 5.73 Å². The van der Waals surface area contributed by atoms with Crippen molar-refractivity contribution < 1.29 is 9.42 Å². The van der Waals surface area contributed by atoms with Crippen LogP contribution in [0.2, 0.25) is 0 Å². The molecule has 0 saturated heterocycles. The summed E-state index contributed by atoms with van der Waals surface area (Å²) in [5.41, 5.74) is 5.51. The Labute approximate surface area is 88.4 Å². The number of hydrogen-bond acceptors (Lipinski definition) is 5. The Morgan fingerprint density at radius 3 is 2.40 bits per heavy atom. The molecule has 1 amide bonds. The zero-order chi connectivity index (χ0) is 11.6. The molecule has 1 aromatic heterocycles. The Morgan fingerprint density at radius 1 is 1.40 bits per heavy atom. The number of hydrogen-bond donors (Lipinski definition) is 1. The van der Waals surface area contributed by atoms with Crippen LogP contribution in [0.4, 0.5) is 5.82 Å². The topological polar surface area (TPSA) is 85.2 Å². The molecule has 0 aliphatic heterocycles. The molecule has 6 heteroatoms. The van der Waals surface area contributed by atoms with Crippen LogP contribution in [-0.4, -0.2) is 34.2 Å². The molecule has 1 unspecified atom stereocenters. The van der Waals surface area contributed by atoms with Gasteiger partial charge in [0.15, 0.2) is 0 Å². The first-order chi connectivity index (χ1) is 6.95. The third-order valence-corrected chi connectivity index (χ3v) is 2.61. The second-order valence-electron chi connectivity index (χ2n) is 3.90. The van der Waals surface area contributed by atoms with Crippen molar-refractivity contribution in [3.63, 3.8) is 0 Å². The molecule has 1 atom stereocenters. The number of carbonyl (C=O) groups excluding carboxylic acids is 1. The zero-order valence-corrected chi connectivity index (χ0v) is 9.39. The van der Waals surface area contributed by atoms with E-state index in [9.17, 15) is 4.79 Å². The number of nitrogens with two attached hydrogens (primary N) is 1. The summed E-state index contributed by atoms with van der Waals surface area (Å²) in [5.74, 6) is 0.123. The standard InChI is InChI=1S/C9H16N4O2/c1-5(2)6(3)13(4)9(14)7-8(10)12-15-11-7/h5-6H,1-4H3,(H2,10,12). The maximum Gasteiger partial charge on any atom is 0.280 e. The molecule has 0 aromatic carbocycles. The van der Waals surface area contributed by atoms with Crippen molar-refractivity contribution in [1.29, 1.82) is 0 Å². The van der Waals surface area contributed by atoms with E-state index in [1.165, 1.54) is 0 Å². The summed E-state index contributed by atoms with van der Waals surface area (Å²) in [7, 11) is 1.71. The lowest BCUT2D eigenvalue weighted by atomic mass is 10.1. The molecule has 0 bridgehead atoms. The second-order valence-corrected chi connectivity index (χ2v) is 3.90. The van der Waals surface area contributed by atoms with Crippen molar-refractivity contribution in [2.75, 3.05) is 12.8 Å². The summed E-state index contributed by atoms with van der Waals surface area (Å²) in [6.45, 7) is 6.05. The fourth-order valence-corrected chi connectivity index (χ4v) is 1.14. The summed E-state index contributed by atoms with van der Waals surface area (Å²) in [6, 6.07) is 0.105. The number of nitrogens with zero attached hydrogens (tertiary/aromatic N) is 3. The van der Waals surface area contributed by atoms with Gasteiger partial charge in [-0.3, -0.25) is 4.79 Å². The van der Waals surface area contributed by atoms with Crippen molar-refractivity contribution in [2.45, 2.75) is 26.8 Å². The fraction of sp³-hybridized carbons (Fsp3) is 0.667. The van der Waals surface area contributed by atoms with Gasteiger partial charge in [-0.15, -0.1) is 0 Å². The maximum absolute atomic E-state index is 11.9. The molecular formula is C9H16N4O2. The first kappa shape index (κ1) is 11.5. The van der Waals surface area contributed by atoms with Gasteiger partial charge < -0.3 is 10.6 Å². The molecule has 0 spiro atoms. The predicted octanol–water partition coefficient (Wildman–Crippen LogP) is 0.768. The molecular weight excluding hydrogens is 196 g/mol. The lowest BCUT2D eigenvalue weighted by Gasteiger charge is -2.27. The first-order valence-electron chi connectivity index (χ1n) is 4.80. The Kier molecular flexibility index (Phi) is 3.28. The molecule has 0 saturated carbocycles. The minimum absolute atomic E-state index is 0.0304. The molecule has 6 nitrogen and oxygen atoms in total. The number of rotatable bonds is 3. The monoisotopic (exact) mass is 212 g/mol. The summed E-state index contributed by atoms with van der Waals surface area (Å²) < 4.78 is 4.38. The van der Waals surface area contributed by atoms with E-state index >= 15 is 0 Å². The van der Waals surface area contributed by atoms with Gasteiger partial charge in [0.05, 0.1) is 0 Å². The predicted molar refractivity (Wildman–Crippen MR) is 55.1 cm³/mol. The quantitative estimate of drug-likeness (QED) is 0.799. The molecule has 1 aromatic rings. The van der Waals surface area contributed by atoms with Gasteiger partial charge in [0.25, 0.3) is 5.91 Å². The normalized spacial score (nSPS) is 12.9. The molecule has 2 N–H and O–H groups in total. The van der Waals surface area contributed by atoms with Crippen LogP contribution in [-0.2, 0) is 0 Å². The van der Waals surface area contributed by atoms with E-state index in [1.807, 2.05) is 20.8 Å². The van der Waals surface area contributed by atoms with Gasteiger partial charge in [-0.1, -0.05) is 13.8 Å². The molecule has 0 fully saturated rings. The highest BCUT2D eigenvalue weighted by molar-refractivity contribution is 5.96. The highest BCUT2D eigenvalue weighted by Crippen LogP contribution is 2.13. The molecule has 1 heterocycles. The number of amides is 1. The van der Waals surface area contributed by atoms with E-state index in [0.717, 1.165) is 0 Å². The van der Waals surface area contributed by atoms with Gasteiger partial charge in [-0.2, -0.15) is 0 Å². The van der Waals surface area contributed by atoms with Crippen molar-refractivity contribution in [1.82, 2.24) is 15.2 Å². The molecule has 0 aliphatic carbocycles. The van der Waals surface area contributed by atoms with Crippen LogP contribution >= 0.6 is 0 Å². The van der Waals surface area contributed by atoms with Gasteiger partial charge in [0, 0.05) is 13.1 Å². The van der Waals surface area contributed by atoms with E-state index in [2.05, 4.69) is 14.9 Å². The van der Waals surface area contributed by atoms with Crippen LogP contribution in [0.1, 0.15) is 31.3 Å². The SMILES string of the molecule is CC(C)C(C)N(C)C(=O)c1nonc1N. The van der Waals surface area contributed by atoms with Crippen LogP contribution in [0, 0.1) is 5.92 Å². The zero-order valence-electron chi connectivity index (χ0n) is 9.39. The maximum atomic E-state index is 11.9. The number of aromatic nitrogens is 2. The third-order valence-electron chi connectivity index (χ3n) is 2.61. The van der Waals surface area contributed by atoms with E-state index in [0.29, 0.717) is 5.92 Å². The Balaban J connectivity index is 2.82. The van der Waals surface area contributed by atoms with E-state index in [-0.39, 0.29) is 23.5 Å². The smallest absolute Gasteiger partial charge is 0.280 e. The van der Waals surface area contributed by atoms with Crippen molar-refractivity contribution in [3.05, 3.63) is 5.69 Å². The molecule has 15 heavy (non-hydrogen) atoms. The summed E-state index contributed by atoms with van der Waals surface area (Å²) >= 11 is 0. The highest BCUT2D eigenvalue weighted by atomic mass is 16.6. The minimum Gasteiger partial charge on any atom is -0.379 e. The molecule has 0 radical (unpaired) electrons. The third kappa shape index (κ3) is 2.26. The summed E-state index contributed by atoms with van der Waals surface area (Å²) in [4.78, 5) is 13.4. The Bertz CT molecular complexity index is 348. The van der Waals surface area contributed by atoms with Gasteiger partial charge >= 0.3 is 0 Å². The van der Waals surface area contributed by atoms with Crippen LogP contribution in [0.3, 0.4) is 0 Å². The molecule has 1 rings (SSSR count).